The molecule has 6 nitrogen and oxygen atoms in total. The summed E-state index contributed by atoms with van der Waals surface area (Å²) in [6, 6.07) is 8.58. The van der Waals surface area contributed by atoms with Crippen LogP contribution in [0.5, 0.6) is 0 Å². The predicted molar refractivity (Wildman–Crippen MR) is 132 cm³/mol. The SMILES string of the molecule is C[C@@H]1CCCN(S(=O)(=O)c2ccc3c(c2)nc(SCc2cc(F)cc(F)c2)n3C[C@H]2CCCO2)C1. The molecule has 0 bridgehead atoms. The summed E-state index contributed by atoms with van der Waals surface area (Å²) in [5, 5.41) is 0.668. The number of fused-ring (bicyclic) bond motifs is 1. The van der Waals surface area contributed by atoms with Crippen molar-refractivity contribution in [3.05, 3.63) is 53.6 Å². The van der Waals surface area contributed by atoms with Gasteiger partial charge in [-0.05, 0) is 67.5 Å². The van der Waals surface area contributed by atoms with Crippen LogP contribution in [0.3, 0.4) is 0 Å². The van der Waals surface area contributed by atoms with Crippen LogP contribution < -0.4 is 0 Å². The molecule has 3 heterocycles. The van der Waals surface area contributed by atoms with E-state index in [0.717, 1.165) is 43.9 Å². The summed E-state index contributed by atoms with van der Waals surface area (Å²) >= 11 is 1.37. The van der Waals surface area contributed by atoms with E-state index in [0.29, 0.717) is 47.5 Å². The van der Waals surface area contributed by atoms with Crippen molar-refractivity contribution in [1.82, 2.24) is 13.9 Å². The zero-order valence-corrected chi connectivity index (χ0v) is 21.3. The van der Waals surface area contributed by atoms with Crippen molar-refractivity contribution in [1.29, 1.82) is 0 Å². The first kappa shape index (κ1) is 24.7. The summed E-state index contributed by atoms with van der Waals surface area (Å²) in [6.45, 7) is 4.44. The quantitative estimate of drug-likeness (QED) is 0.400. The zero-order chi connectivity index (χ0) is 24.6. The molecule has 2 aliphatic heterocycles. The lowest BCUT2D eigenvalue weighted by Crippen LogP contribution is -2.39. The van der Waals surface area contributed by atoms with Crippen LogP contribution in [0.1, 0.15) is 38.2 Å². The van der Waals surface area contributed by atoms with E-state index in [2.05, 4.69) is 6.92 Å². The van der Waals surface area contributed by atoms with E-state index in [1.807, 2.05) is 10.6 Å². The minimum absolute atomic E-state index is 0.0524. The van der Waals surface area contributed by atoms with Gasteiger partial charge in [-0.15, -0.1) is 0 Å². The molecule has 2 fully saturated rings. The van der Waals surface area contributed by atoms with Gasteiger partial charge in [-0.1, -0.05) is 18.7 Å². The number of imidazole rings is 1. The van der Waals surface area contributed by atoms with Gasteiger partial charge in [-0.2, -0.15) is 4.31 Å². The lowest BCUT2D eigenvalue weighted by molar-refractivity contribution is 0.0960. The van der Waals surface area contributed by atoms with Crippen molar-refractivity contribution in [2.45, 2.75) is 61.1 Å². The summed E-state index contributed by atoms with van der Waals surface area (Å²) in [7, 11) is -3.61. The highest BCUT2D eigenvalue weighted by atomic mass is 32.2. The molecular weight excluding hydrogens is 492 g/mol. The molecule has 0 radical (unpaired) electrons. The lowest BCUT2D eigenvalue weighted by Gasteiger charge is -2.30. The minimum Gasteiger partial charge on any atom is -0.376 e. The van der Waals surface area contributed by atoms with E-state index in [9.17, 15) is 17.2 Å². The Labute approximate surface area is 208 Å². The number of ether oxygens (including phenoxy) is 1. The van der Waals surface area contributed by atoms with Gasteiger partial charge in [0.05, 0.1) is 28.6 Å². The van der Waals surface area contributed by atoms with Crippen molar-refractivity contribution in [3.63, 3.8) is 0 Å². The van der Waals surface area contributed by atoms with E-state index in [4.69, 9.17) is 9.72 Å². The number of piperidine rings is 1. The Bertz CT molecular complexity index is 1300. The maximum atomic E-state index is 13.7. The van der Waals surface area contributed by atoms with Gasteiger partial charge in [0.25, 0.3) is 0 Å². The maximum Gasteiger partial charge on any atom is 0.243 e. The second kappa shape index (κ2) is 10.2. The van der Waals surface area contributed by atoms with Gasteiger partial charge in [-0.3, -0.25) is 0 Å². The van der Waals surface area contributed by atoms with E-state index < -0.39 is 21.7 Å². The fourth-order valence-corrected chi connectivity index (χ4v) is 7.46. The average Bonchev–Trinajstić information content (AvgIpc) is 3.45. The number of hydrogen-bond acceptors (Lipinski definition) is 5. The number of halogens is 2. The van der Waals surface area contributed by atoms with Gasteiger partial charge in [0, 0.05) is 31.5 Å². The third-order valence-electron chi connectivity index (χ3n) is 6.64. The fraction of sp³-hybridized carbons (Fsp3) is 0.480. The molecule has 2 aliphatic rings. The molecule has 2 saturated heterocycles. The second-order valence-corrected chi connectivity index (χ2v) is 12.3. The molecule has 1 aromatic heterocycles. The topological polar surface area (TPSA) is 64.4 Å². The number of hydrogen-bond donors (Lipinski definition) is 0. The molecular formula is C25H29F2N3O3S2. The van der Waals surface area contributed by atoms with E-state index in [-0.39, 0.29) is 11.0 Å². The number of thioether (sulfide) groups is 1. The average molecular weight is 522 g/mol. The van der Waals surface area contributed by atoms with Gasteiger partial charge in [0.15, 0.2) is 5.16 Å². The second-order valence-electron chi connectivity index (χ2n) is 9.47. The first-order valence-corrected chi connectivity index (χ1v) is 14.4. The molecule has 0 amide bonds. The third-order valence-corrected chi connectivity index (χ3v) is 9.55. The summed E-state index contributed by atoms with van der Waals surface area (Å²) in [4.78, 5) is 4.99. The first-order valence-electron chi connectivity index (χ1n) is 12.0. The number of sulfonamides is 1. The van der Waals surface area contributed by atoms with Gasteiger partial charge in [0.2, 0.25) is 10.0 Å². The van der Waals surface area contributed by atoms with Crippen LogP contribution in [-0.2, 0) is 27.1 Å². The third kappa shape index (κ3) is 5.40. The van der Waals surface area contributed by atoms with Crippen molar-refractivity contribution < 1.29 is 21.9 Å². The molecule has 0 spiro atoms. The molecule has 3 aromatic rings. The Balaban J connectivity index is 1.47. The molecule has 2 aromatic carbocycles. The molecule has 0 saturated carbocycles. The summed E-state index contributed by atoms with van der Waals surface area (Å²) < 4.78 is 63.4. The van der Waals surface area contributed by atoms with E-state index in [1.54, 1.807) is 16.4 Å². The largest absolute Gasteiger partial charge is 0.376 e. The van der Waals surface area contributed by atoms with Crippen LogP contribution in [0.4, 0.5) is 8.78 Å². The standard InChI is InChI=1S/C25H29F2N3O3S2/c1-17-4-2-8-29(14-17)35(31,32)22-6-7-24-23(13-22)28-25(30(24)15-21-5-3-9-33-21)34-16-18-10-19(26)12-20(27)11-18/h6-7,10-13,17,21H,2-5,8-9,14-16H2,1H3/t17-,21-/m1/s1. The molecule has 188 valence electrons. The van der Waals surface area contributed by atoms with Crippen molar-refractivity contribution in [3.8, 4) is 0 Å². The Kier molecular flexibility index (Phi) is 7.16. The summed E-state index contributed by atoms with van der Waals surface area (Å²) in [5.41, 5.74) is 1.92. The Morgan fingerprint density at radius 1 is 1.11 bits per heavy atom. The van der Waals surface area contributed by atoms with Crippen LogP contribution in [0.15, 0.2) is 46.5 Å². The highest BCUT2D eigenvalue weighted by molar-refractivity contribution is 7.98. The van der Waals surface area contributed by atoms with Crippen molar-refractivity contribution in [2.75, 3.05) is 19.7 Å². The minimum atomic E-state index is -3.61. The molecule has 5 rings (SSSR count). The number of benzene rings is 2. The van der Waals surface area contributed by atoms with Gasteiger partial charge < -0.3 is 9.30 Å². The number of aromatic nitrogens is 2. The monoisotopic (exact) mass is 521 g/mol. The van der Waals surface area contributed by atoms with Gasteiger partial charge in [0.1, 0.15) is 11.6 Å². The fourth-order valence-electron chi connectivity index (χ4n) is 4.88. The smallest absolute Gasteiger partial charge is 0.243 e. The summed E-state index contributed by atoms with van der Waals surface area (Å²) in [5.74, 6) is -0.561. The number of nitrogens with zero attached hydrogens (tertiary/aromatic N) is 3. The van der Waals surface area contributed by atoms with Gasteiger partial charge >= 0.3 is 0 Å². The molecule has 35 heavy (non-hydrogen) atoms. The summed E-state index contributed by atoms with van der Waals surface area (Å²) in [6.07, 6.45) is 3.89. The Morgan fingerprint density at radius 2 is 1.91 bits per heavy atom. The van der Waals surface area contributed by atoms with Crippen LogP contribution >= 0.6 is 11.8 Å². The Hall–Kier alpha value is -2.01. The van der Waals surface area contributed by atoms with Crippen LogP contribution in [0.25, 0.3) is 11.0 Å². The van der Waals surface area contributed by atoms with E-state index >= 15 is 0 Å². The first-order chi connectivity index (χ1) is 16.8. The molecule has 0 aliphatic carbocycles. The maximum absolute atomic E-state index is 13.7. The van der Waals surface area contributed by atoms with Gasteiger partial charge in [-0.25, -0.2) is 22.2 Å². The highest BCUT2D eigenvalue weighted by Gasteiger charge is 2.29. The van der Waals surface area contributed by atoms with Crippen LogP contribution in [0.2, 0.25) is 0 Å². The highest BCUT2D eigenvalue weighted by Crippen LogP contribution is 2.31. The van der Waals surface area contributed by atoms with Crippen LogP contribution in [0, 0.1) is 17.6 Å². The van der Waals surface area contributed by atoms with Crippen LogP contribution in [-0.4, -0.2) is 48.1 Å². The zero-order valence-electron chi connectivity index (χ0n) is 19.6. The molecule has 0 unspecified atom stereocenters. The molecule has 2 atom stereocenters. The van der Waals surface area contributed by atoms with Crippen molar-refractivity contribution in [2.24, 2.45) is 5.92 Å². The molecule has 10 heteroatoms. The Morgan fingerprint density at radius 3 is 2.63 bits per heavy atom. The normalized spacial score (nSPS) is 21.7. The van der Waals surface area contributed by atoms with Crippen molar-refractivity contribution >= 4 is 32.8 Å². The molecule has 0 N–H and O–H groups in total. The lowest BCUT2D eigenvalue weighted by atomic mass is 10.0. The predicted octanol–water partition coefficient (Wildman–Crippen LogP) is 5.21. The van der Waals surface area contributed by atoms with E-state index in [1.165, 1.54) is 23.9 Å². The number of rotatable bonds is 7.